The minimum absolute atomic E-state index is 0.126. The number of carbonyl (C=O) groups is 1. The summed E-state index contributed by atoms with van der Waals surface area (Å²) >= 11 is 0. The van der Waals surface area contributed by atoms with E-state index in [2.05, 4.69) is 9.99 Å². The van der Waals surface area contributed by atoms with Crippen LogP contribution in [0.1, 0.15) is 5.56 Å². The van der Waals surface area contributed by atoms with Crippen LogP contribution < -0.4 is 5.73 Å². The van der Waals surface area contributed by atoms with E-state index in [4.69, 9.17) is 10.6 Å². The summed E-state index contributed by atoms with van der Waals surface area (Å²) in [5, 5.41) is 4.31. The van der Waals surface area contributed by atoms with Gasteiger partial charge < -0.3 is 10.6 Å². The van der Waals surface area contributed by atoms with E-state index in [9.17, 15) is 4.79 Å². The second-order valence-corrected chi connectivity index (χ2v) is 3.20. The lowest BCUT2D eigenvalue weighted by atomic mass is 10.2. The summed E-state index contributed by atoms with van der Waals surface area (Å²) in [6, 6.07) is 9.41. The molecular weight excluding hydrogens is 222 g/mol. The van der Waals surface area contributed by atoms with Crippen LogP contribution in [0, 0.1) is 0 Å². The van der Waals surface area contributed by atoms with Crippen LogP contribution in [0.4, 0.5) is 0 Å². The molecule has 17 heavy (non-hydrogen) atoms. The minimum Gasteiger partial charge on any atom is -0.365 e. The number of nitrogens with zero attached hydrogens (tertiary/aromatic N) is 2. The van der Waals surface area contributed by atoms with Gasteiger partial charge in [0.25, 0.3) is 11.9 Å². The Kier molecular flexibility index (Phi) is 3.37. The van der Waals surface area contributed by atoms with E-state index >= 15 is 0 Å². The third-order valence-corrected chi connectivity index (χ3v) is 2.02. The molecule has 0 saturated heterocycles. The standard InChI is InChI=1S/C11H11N3O3/c12-11-13-16-8-17-14(11)10(15)7-6-9-4-2-1-3-5-9/h1-7H,8H2,(H2,12,13). The lowest BCUT2D eigenvalue weighted by Gasteiger charge is -2.21. The predicted molar refractivity (Wildman–Crippen MR) is 61.0 cm³/mol. The molecule has 1 aromatic rings. The Bertz CT molecular complexity index is 456. The smallest absolute Gasteiger partial charge is 0.277 e. The van der Waals surface area contributed by atoms with Crippen molar-refractivity contribution in [3.05, 3.63) is 42.0 Å². The van der Waals surface area contributed by atoms with Crippen LogP contribution in [-0.2, 0) is 14.5 Å². The van der Waals surface area contributed by atoms with Crippen molar-refractivity contribution in [2.45, 2.75) is 0 Å². The fourth-order valence-corrected chi connectivity index (χ4v) is 1.25. The Hall–Kier alpha value is -2.34. The quantitative estimate of drug-likeness (QED) is 0.762. The SMILES string of the molecule is NC1=NOCON1C(=O)C=Cc1ccccc1. The van der Waals surface area contributed by atoms with Crippen molar-refractivity contribution in [3.63, 3.8) is 0 Å². The van der Waals surface area contributed by atoms with Crippen molar-refractivity contribution in [2.24, 2.45) is 10.9 Å². The zero-order chi connectivity index (χ0) is 12.1. The van der Waals surface area contributed by atoms with Gasteiger partial charge in [-0.15, -0.1) is 5.06 Å². The van der Waals surface area contributed by atoms with Gasteiger partial charge in [0, 0.05) is 6.08 Å². The van der Waals surface area contributed by atoms with Gasteiger partial charge in [0.2, 0.25) is 6.79 Å². The van der Waals surface area contributed by atoms with Gasteiger partial charge in [-0.1, -0.05) is 30.3 Å². The van der Waals surface area contributed by atoms with Crippen LogP contribution >= 0.6 is 0 Å². The third-order valence-electron chi connectivity index (χ3n) is 2.02. The van der Waals surface area contributed by atoms with E-state index in [-0.39, 0.29) is 12.8 Å². The van der Waals surface area contributed by atoms with E-state index < -0.39 is 5.91 Å². The van der Waals surface area contributed by atoms with Crippen LogP contribution in [0.25, 0.3) is 6.08 Å². The molecule has 0 aromatic heterocycles. The van der Waals surface area contributed by atoms with Gasteiger partial charge in [0.1, 0.15) is 0 Å². The van der Waals surface area contributed by atoms with Crippen LogP contribution in [0.15, 0.2) is 41.6 Å². The molecule has 0 radical (unpaired) electrons. The van der Waals surface area contributed by atoms with Crippen LogP contribution in [0.3, 0.4) is 0 Å². The first-order chi connectivity index (χ1) is 8.27. The van der Waals surface area contributed by atoms with Crippen molar-refractivity contribution in [1.82, 2.24) is 5.06 Å². The maximum absolute atomic E-state index is 11.7. The number of hydrogen-bond donors (Lipinski definition) is 1. The number of oxime groups is 1. The van der Waals surface area contributed by atoms with Crippen molar-refractivity contribution in [1.29, 1.82) is 0 Å². The molecule has 2 rings (SSSR count). The molecule has 0 fully saturated rings. The zero-order valence-electron chi connectivity index (χ0n) is 8.95. The molecule has 0 unspecified atom stereocenters. The highest BCUT2D eigenvalue weighted by molar-refractivity contribution is 6.02. The molecular formula is C11H11N3O3. The molecule has 1 amide bonds. The minimum atomic E-state index is -0.418. The number of nitrogens with two attached hydrogens (primary N) is 1. The molecule has 2 N–H and O–H groups in total. The van der Waals surface area contributed by atoms with Crippen molar-refractivity contribution >= 4 is 17.9 Å². The molecule has 0 bridgehead atoms. The summed E-state index contributed by atoms with van der Waals surface area (Å²) < 4.78 is 0. The average molecular weight is 233 g/mol. The summed E-state index contributed by atoms with van der Waals surface area (Å²) in [7, 11) is 0. The topological polar surface area (TPSA) is 77.2 Å². The first-order valence-corrected chi connectivity index (χ1v) is 4.93. The average Bonchev–Trinajstić information content (AvgIpc) is 2.38. The second-order valence-electron chi connectivity index (χ2n) is 3.20. The van der Waals surface area contributed by atoms with E-state index in [1.54, 1.807) is 6.08 Å². The zero-order valence-corrected chi connectivity index (χ0v) is 8.95. The lowest BCUT2D eigenvalue weighted by molar-refractivity contribution is -0.207. The number of guanidine groups is 1. The normalized spacial score (nSPS) is 15.5. The Labute approximate surface area is 97.9 Å². The molecule has 0 aliphatic carbocycles. The summed E-state index contributed by atoms with van der Waals surface area (Å²) in [4.78, 5) is 21.1. The van der Waals surface area contributed by atoms with E-state index in [1.165, 1.54) is 6.08 Å². The van der Waals surface area contributed by atoms with Gasteiger partial charge in [0.15, 0.2) is 0 Å². The second kappa shape index (κ2) is 5.13. The van der Waals surface area contributed by atoms with E-state index in [0.29, 0.717) is 0 Å². The number of benzene rings is 1. The fraction of sp³-hybridized carbons (Fsp3) is 0.0909. The molecule has 0 atom stereocenters. The molecule has 1 aliphatic rings. The molecule has 6 nitrogen and oxygen atoms in total. The number of rotatable bonds is 2. The highest BCUT2D eigenvalue weighted by Crippen LogP contribution is 2.04. The fourth-order valence-electron chi connectivity index (χ4n) is 1.25. The van der Waals surface area contributed by atoms with E-state index in [0.717, 1.165) is 10.6 Å². The van der Waals surface area contributed by atoms with Gasteiger partial charge in [-0.3, -0.25) is 4.79 Å². The first-order valence-electron chi connectivity index (χ1n) is 4.93. The first kappa shape index (κ1) is 11.2. The van der Waals surface area contributed by atoms with Crippen molar-refractivity contribution in [2.75, 3.05) is 6.79 Å². The number of hydroxylamine groups is 2. The Morgan fingerprint density at radius 3 is 2.88 bits per heavy atom. The largest absolute Gasteiger partial charge is 0.365 e. The van der Waals surface area contributed by atoms with Crippen LogP contribution in [-0.4, -0.2) is 23.7 Å². The predicted octanol–water partition coefficient (Wildman–Crippen LogP) is 0.677. The molecule has 88 valence electrons. The van der Waals surface area contributed by atoms with Gasteiger partial charge in [0.05, 0.1) is 0 Å². The maximum atomic E-state index is 11.7. The third kappa shape index (κ3) is 2.82. The van der Waals surface area contributed by atoms with Gasteiger partial charge in [-0.05, 0) is 16.8 Å². The lowest BCUT2D eigenvalue weighted by Crippen LogP contribution is -2.44. The van der Waals surface area contributed by atoms with Crippen molar-refractivity contribution < 1.29 is 14.5 Å². The van der Waals surface area contributed by atoms with Gasteiger partial charge >= 0.3 is 0 Å². The number of hydrogen-bond acceptors (Lipinski definition) is 5. The Morgan fingerprint density at radius 2 is 2.18 bits per heavy atom. The molecule has 0 saturated carbocycles. The molecule has 1 aliphatic heterocycles. The maximum Gasteiger partial charge on any atom is 0.277 e. The summed E-state index contributed by atoms with van der Waals surface area (Å²) in [6.45, 7) is -0.133. The molecule has 6 heteroatoms. The highest BCUT2D eigenvalue weighted by atomic mass is 16.8. The molecule has 1 aromatic carbocycles. The van der Waals surface area contributed by atoms with Gasteiger partial charge in [-0.2, -0.15) is 0 Å². The Balaban J connectivity index is 2.04. The van der Waals surface area contributed by atoms with Crippen LogP contribution in [0.2, 0.25) is 0 Å². The Morgan fingerprint density at radius 1 is 1.41 bits per heavy atom. The summed E-state index contributed by atoms with van der Waals surface area (Å²) in [5.41, 5.74) is 6.33. The monoisotopic (exact) mass is 233 g/mol. The summed E-state index contributed by atoms with van der Waals surface area (Å²) in [5.74, 6) is -0.544. The van der Waals surface area contributed by atoms with Crippen LogP contribution in [0.5, 0.6) is 0 Å². The number of amides is 1. The molecule has 1 heterocycles. The van der Waals surface area contributed by atoms with E-state index in [1.807, 2.05) is 30.3 Å². The highest BCUT2D eigenvalue weighted by Gasteiger charge is 2.20. The van der Waals surface area contributed by atoms with Crippen molar-refractivity contribution in [3.8, 4) is 0 Å². The number of carbonyl (C=O) groups excluding carboxylic acids is 1. The van der Waals surface area contributed by atoms with Gasteiger partial charge in [-0.25, -0.2) is 4.84 Å². The summed E-state index contributed by atoms with van der Waals surface area (Å²) in [6.07, 6.45) is 3.01. The molecule has 0 spiro atoms.